The molecule has 6 nitrogen and oxygen atoms in total. The van der Waals surface area contributed by atoms with Gasteiger partial charge >= 0.3 is 0 Å². The van der Waals surface area contributed by atoms with Crippen LogP contribution in [0.25, 0.3) is 17.1 Å². The van der Waals surface area contributed by atoms with Crippen LogP contribution >= 0.6 is 11.8 Å². The number of methoxy groups -OCH3 is 2. The van der Waals surface area contributed by atoms with Gasteiger partial charge in [0, 0.05) is 12.4 Å². The molecule has 1 saturated heterocycles. The molecule has 29 heavy (non-hydrogen) atoms. The lowest BCUT2D eigenvalue weighted by molar-refractivity contribution is 0.0315. The number of thioether (sulfide) groups is 1. The number of aromatic nitrogens is 3. The summed E-state index contributed by atoms with van der Waals surface area (Å²) in [5.74, 6) is 3.19. The van der Waals surface area contributed by atoms with Crippen LogP contribution in [-0.2, 0) is 4.74 Å². The van der Waals surface area contributed by atoms with Crippen LogP contribution in [0.4, 0.5) is 0 Å². The molecule has 7 heteroatoms. The summed E-state index contributed by atoms with van der Waals surface area (Å²) in [6.07, 6.45) is 3.75. The Labute approximate surface area is 175 Å². The standard InChI is InChI=1S/C22H25N3O3S/c1-26-17-12-10-16(11-13-17)25-21(19-8-3-4-9-20(19)27-2)23-24-22(25)29-15-18-7-5-6-14-28-18/h3-4,8-13,18H,5-7,14-15H2,1-2H3/t18-/m1/s1. The molecular formula is C22H25N3O3S. The van der Waals surface area contributed by atoms with Gasteiger partial charge in [-0.2, -0.15) is 0 Å². The summed E-state index contributed by atoms with van der Waals surface area (Å²) in [5, 5.41) is 9.86. The fourth-order valence-corrected chi connectivity index (χ4v) is 4.46. The van der Waals surface area contributed by atoms with Gasteiger partial charge in [-0.3, -0.25) is 4.57 Å². The molecule has 3 aromatic rings. The van der Waals surface area contributed by atoms with Gasteiger partial charge in [0.25, 0.3) is 0 Å². The maximum atomic E-state index is 5.89. The van der Waals surface area contributed by atoms with E-state index in [1.807, 2.05) is 48.5 Å². The third-order valence-corrected chi connectivity index (χ3v) is 6.05. The smallest absolute Gasteiger partial charge is 0.196 e. The van der Waals surface area contributed by atoms with Gasteiger partial charge in [-0.25, -0.2) is 0 Å². The number of hydrogen-bond donors (Lipinski definition) is 0. The minimum Gasteiger partial charge on any atom is -0.497 e. The second-order valence-corrected chi connectivity index (χ2v) is 7.83. The summed E-state index contributed by atoms with van der Waals surface area (Å²) < 4.78 is 18.8. The Balaban J connectivity index is 1.71. The first kappa shape index (κ1) is 19.8. The Bertz CT molecular complexity index is 937. The van der Waals surface area contributed by atoms with E-state index in [4.69, 9.17) is 14.2 Å². The van der Waals surface area contributed by atoms with Crippen LogP contribution in [-0.4, -0.2) is 47.4 Å². The number of ether oxygens (including phenoxy) is 3. The van der Waals surface area contributed by atoms with Crippen molar-refractivity contribution in [2.45, 2.75) is 30.5 Å². The SMILES string of the molecule is COc1ccc(-n2c(SC[C@H]3CCCCO3)nnc2-c2ccccc2OC)cc1. The topological polar surface area (TPSA) is 58.4 Å². The molecule has 1 atom stereocenters. The maximum Gasteiger partial charge on any atom is 0.196 e. The third kappa shape index (κ3) is 4.41. The van der Waals surface area contributed by atoms with Gasteiger partial charge < -0.3 is 14.2 Å². The highest BCUT2D eigenvalue weighted by atomic mass is 32.2. The highest BCUT2D eigenvalue weighted by Crippen LogP contribution is 2.34. The summed E-state index contributed by atoms with van der Waals surface area (Å²) in [4.78, 5) is 0. The number of benzene rings is 2. The summed E-state index contributed by atoms with van der Waals surface area (Å²) in [6.45, 7) is 0.850. The summed E-state index contributed by atoms with van der Waals surface area (Å²) >= 11 is 1.68. The normalized spacial score (nSPS) is 16.6. The molecule has 1 aliphatic rings. The molecular weight excluding hydrogens is 386 g/mol. The van der Waals surface area contributed by atoms with Crippen LogP contribution in [0.1, 0.15) is 19.3 Å². The van der Waals surface area contributed by atoms with Crippen molar-refractivity contribution < 1.29 is 14.2 Å². The van der Waals surface area contributed by atoms with Crippen LogP contribution < -0.4 is 9.47 Å². The molecule has 0 amide bonds. The quantitative estimate of drug-likeness (QED) is 0.529. The molecule has 1 aromatic heterocycles. The number of rotatable bonds is 7. The molecule has 2 heterocycles. The van der Waals surface area contributed by atoms with E-state index < -0.39 is 0 Å². The van der Waals surface area contributed by atoms with E-state index in [0.717, 1.165) is 58.9 Å². The molecule has 2 aromatic carbocycles. The third-order valence-electron chi connectivity index (χ3n) is 4.98. The Kier molecular flexibility index (Phi) is 6.36. The molecule has 152 valence electrons. The average molecular weight is 412 g/mol. The molecule has 0 radical (unpaired) electrons. The lowest BCUT2D eigenvalue weighted by Crippen LogP contribution is -2.21. The van der Waals surface area contributed by atoms with Gasteiger partial charge in [0.1, 0.15) is 11.5 Å². The van der Waals surface area contributed by atoms with Crippen molar-refractivity contribution in [1.82, 2.24) is 14.8 Å². The van der Waals surface area contributed by atoms with Crippen LogP contribution in [0.5, 0.6) is 11.5 Å². The lowest BCUT2D eigenvalue weighted by atomic mass is 10.1. The second kappa shape index (κ2) is 9.33. The molecule has 0 spiro atoms. The lowest BCUT2D eigenvalue weighted by Gasteiger charge is -2.22. The minimum absolute atomic E-state index is 0.268. The Morgan fingerprint density at radius 2 is 1.86 bits per heavy atom. The van der Waals surface area contributed by atoms with Gasteiger partial charge in [-0.1, -0.05) is 23.9 Å². The fourth-order valence-electron chi connectivity index (χ4n) is 3.44. The second-order valence-electron chi connectivity index (χ2n) is 6.84. The van der Waals surface area contributed by atoms with Crippen molar-refractivity contribution in [3.8, 4) is 28.6 Å². The van der Waals surface area contributed by atoms with Gasteiger partial charge in [-0.05, 0) is 55.7 Å². The van der Waals surface area contributed by atoms with Crippen molar-refractivity contribution in [3.63, 3.8) is 0 Å². The molecule has 4 rings (SSSR count). The van der Waals surface area contributed by atoms with Crippen molar-refractivity contribution in [3.05, 3.63) is 48.5 Å². The van der Waals surface area contributed by atoms with Gasteiger partial charge in [0.2, 0.25) is 0 Å². The molecule has 0 aliphatic carbocycles. The van der Waals surface area contributed by atoms with E-state index in [2.05, 4.69) is 14.8 Å². The van der Waals surface area contributed by atoms with Crippen LogP contribution in [0.3, 0.4) is 0 Å². The van der Waals surface area contributed by atoms with Crippen molar-refractivity contribution in [2.24, 2.45) is 0 Å². The van der Waals surface area contributed by atoms with Gasteiger partial charge in [0.15, 0.2) is 11.0 Å². The van der Waals surface area contributed by atoms with Gasteiger partial charge in [0.05, 0.1) is 31.6 Å². The van der Waals surface area contributed by atoms with Gasteiger partial charge in [-0.15, -0.1) is 10.2 Å². The zero-order valence-corrected chi connectivity index (χ0v) is 17.5. The Morgan fingerprint density at radius 3 is 2.59 bits per heavy atom. The zero-order chi connectivity index (χ0) is 20.1. The van der Waals surface area contributed by atoms with E-state index >= 15 is 0 Å². The number of hydrogen-bond acceptors (Lipinski definition) is 6. The predicted molar refractivity (Wildman–Crippen MR) is 114 cm³/mol. The summed E-state index contributed by atoms with van der Waals surface area (Å²) in [7, 11) is 3.34. The molecule has 0 unspecified atom stereocenters. The first-order chi connectivity index (χ1) is 14.3. The van der Waals surface area contributed by atoms with Crippen molar-refractivity contribution >= 4 is 11.8 Å². The summed E-state index contributed by atoms with van der Waals surface area (Å²) in [5.41, 5.74) is 1.88. The number of nitrogens with zero attached hydrogens (tertiary/aromatic N) is 3. The number of para-hydroxylation sites is 1. The first-order valence-corrected chi connectivity index (χ1v) is 10.8. The van der Waals surface area contributed by atoms with E-state index in [9.17, 15) is 0 Å². The van der Waals surface area contributed by atoms with E-state index in [0.29, 0.717) is 0 Å². The van der Waals surface area contributed by atoms with Crippen molar-refractivity contribution in [1.29, 1.82) is 0 Å². The average Bonchev–Trinajstić information content (AvgIpc) is 3.22. The fraction of sp³-hybridized carbons (Fsp3) is 0.364. The van der Waals surface area contributed by atoms with E-state index in [-0.39, 0.29) is 6.10 Å². The molecule has 1 aliphatic heterocycles. The van der Waals surface area contributed by atoms with E-state index in [1.54, 1.807) is 26.0 Å². The molecule has 0 N–H and O–H groups in total. The minimum atomic E-state index is 0.268. The zero-order valence-electron chi connectivity index (χ0n) is 16.7. The Hall–Kier alpha value is -2.51. The molecule has 0 bridgehead atoms. The first-order valence-electron chi connectivity index (χ1n) is 9.78. The highest BCUT2D eigenvalue weighted by Gasteiger charge is 2.21. The highest BCUT2D eigenvalue weighted by molar-refractivity contribution is 7.99. The van der Waals surface area contributed by atoms with Crippen LogP contribution in [0.15, 0.2) is 53.7 Å². The Morgan fingerprint density at radius 1 is 1.03 bits per heavy atom. The largest absolute Gasteiger partial charge is 0.497 e. The monoisotopic (exact) mass is 411 g/mol. The molecule has 0 saturated carbocycles. The molecule has 1 fully saturated rings. The van der Waals surface area contributed by atoms with Crippen LogP contribution in [0, 0.1) is 0 Å². The summed E-state index contributed by atoms with van der Waals surface area (Å²) in [6, 6.07) is 15.8. The van der Waals surface area contributed by atoms with Crippen LogP contribution in [0.2, 0.25) is 0 Å². The van der Waals surface area contributed by atoms with E-state index in [1.165, 1.54) is 6.42 Å². The predicted octanol–water partition coefficient (Wildman–Crippen LogP) is 4.61. The maximum absolute atomic E-state index is 5.89. The van der Waals surface area contributed by atoms with Crippen molar-refractivity contribution in [2.75, 3.05) is 26.6 Å².